The van der Waals surface area contributed by atoms with Crippen molar-refractivity contribution in [2.75, 3.05) is 13.1 Å². The summed E-state index contributed by atoms with van der Waals surface area (Å²) < 4.78 is 0. The lowest BCUT2D eigenvalue weighted by molar-refractivity contribution is -0.133. The molecule has 1 N–H and O–H groups in total. The average molecular weight is 386 g/mol. The van der Waals surface area contributed by atoms with Gasteiger partial charge in [-0.05, 0) is 23.1 Å². The summed E-state index contributed by atoms with van der Waals surface area (Å²) in [6.07, 6.45) is 1.05. The molecule has 0 aliphatic carbocycles. The van der Waals surface area contributed by atoms with Crippen molar-refractivity contribution in [2.24, 2.45) is 0 Å². The van der Waals surface area contributed by atoms with Crippen molar-refractivity contribution in [1.82, 2.24) is 10.2 Å². The molecular formula is C25H26N2O2. The van der Waals surface area contributed by atoms with Crippen LogP contribution in [0.2, 0.25) is 0 Å². The standard InChI is InChI=1S/C25H26N2O2/c28-24(18-22-12-6-2-7-13-22)26-19-25(29)27(20-23-14-8-3-9-15-23)17-16-21-10-4-1-5-11-21/h1-15H,16-20H2,(H,26,28). The molecule has 0 bridgehead atoms. The van der Waals surface area contributed by atoms with E-state index in [0.29, 0.717) is 13.1 Å². The number of nitrogens with one attached hydrogen (secondary N) is 1. The molecule has 0 saturated carbocycles. The number of benzene rings is 3. The molecule has 0 heterocycles. The highest BCUT2D eigenvalue weighted by Gasteiger charge is 2.15. The maximum absolute atomic E-state index is 12.8. The third-order valence-corrected chi connectivity index (χ3v) is 4.73. The molecule has 0 fully saturated rings. The van der Waals surface area contributed by atoms with Gasteiger partial charge in [0.05, 0.1) is 13.0 Å². The first-order chi connectivity index (χ1) is 14.2. The van der Waals surface area contributed by atoms with E-state index in [4.69, 9.17) is 0 Å². The highest BCUT2D eigenvalue weighted by atomic mass is 16.2. The fourth-order valence-corrected chi connectivity index (χ4v) is 3.13. The largest absolute Gasteiger partial charge is 0.347 e. The summed E-state index contributed by atoms with van der Waals surface area (Å²) in [6, 6.07) is 29.6. The summed E-state index contributed by atoms with van der Waals surface area (Å²) >= 11 is 0. The van der Waals surface area contributed by atoms with E-state index in [-0.39, 0.29) is 24.8 Å². The Morgan fingerprint density at radius 3 is 1.79 bits per heavy atom. The van der Waals surface area contributed by atoms with E-state index >= 15 is 0 Å². The van der Waals surface area contributed by atoms with Gasteiger partial charge in [-0.1, -0.05) is 91.0 Å². The van der Waals surface area contributed by atoms with E-state index in [2.05, 4.69) is 17.4 Å². The zero-order chi connectivity index (χ0) is 20.3. The monoisotopic (exact) mass is 386 g/mol. The second kappa shape index (κ2) is 10.8. The summed E-state index contributed by atoms with van der Waals surface area (Å²) in [7, 11) is 0. The first-order valence-corrected chi connectivity index (χ1v) is 9.87. The maximum atomic E-state index is 12.8. The van der Waals surface area contributed by atoms with E-state index in [0.717, 1.165) is 17.5 Å². The van der Waals surface area contributed by atoms with Crippen LogP contribution in [0.4, 0.5) is 0 Å². The van der Waals surface area contributed by atoms with Crippen molar-refractivity contribution in [1.29, 1.82) is 0 Å². The molecule has 0 aliphatic heterocycles. The van der Waals surface area contributed by atoms with Gasteiger partial charge in [-0.3, -0.25) is 9.59 Å². The molecule has 0 radical (unpaired) electrons. The van der Waals surface area contributed by atoms with Crippen LogP contribution in [0.3, 0.4) is 0 Å². The minimum atomic E-state index is -0.146. The lowest BCUT2D eigenvalue weighted by Crippen LogP contribution is -2.41. The summed E-state index contributed by atoms with van der Waals surface area (Å²) in [4.78, 5) is 26.8. The number of hydrogen-bond donors (Lipinski definition) is 1. The highest BCUT2D eigenvalue weighted by Crippen LogP contribution is 2.08. The third kappa shape index (κ3) is 6.92. The number of hydrogen-bond acceptors (Lipinski definition) is 2. The van der Waals surface area contributed by atoms with Crippen LogP contribution in [0.15, 0.2) is 91.0 Å². The predicted octanol–water partition coefficient (Wildman–Crippen LogP) is 3.62. The number of carbonyl (C=O) groups is 2. The van der Waals surface area contributed by atoms with Gasteiger partial charge in [0, 0.05) is 13.1 Å². The zero-order valence-corrected chi connectivity index (χ0v) is 16.5. The van der Waals surface area contributed by atoms with E-state index in [9.17, 15) is 9.59 Å². The van der Waals surface area contributed by atoms with Crippen molar-refractivity contribution in [3.8, 4) is 0 Å². The van der Waals surface area contributed by atoms with Crippen LogP contribution in [-0.4, -0.2) is 29.8 Å². The molecule has 4 heteroatoms. The fourth-order valence-electron chi connectivity index (χ4n) is 3.13. The minimum Gasteiger partial charge on any atom is -0.347 e. The van der Waals surface area contributed by atoms with Crippen LogP contribution in [0.25, 0.3) is 0 Å². The van der Waals surface area contributed by atoms with Crippen molar-refractivity contribution in [2.45, 2.75) is 19.4 Å². The number of rotatable bonds is 9. The predicted molar refractivity (Wildman–Crippen MR) is 115 cm³/mol. The summed E-state index contributed by atoms with van der Waals surface area (Å²) in [5.74, 6) is -0.224. The van der Waals surface area contributed by atoms with Gasteiger partial charge in [0.25, 0.3) is 0 Å². The van der Waals surface area contributed by atoms with Gasteiger partial charge >= 0.3 is 0 Å². The molecule has 0 aromatic heterocycles. The van der Waals surface area contributed by atoms with Crippen LogP contribution in [0.1, 0.15) is 16.7 Å². The van der Waals surface area contributed by atoms with E-state index < -0.39 is 0 Å². The van der Waals surface area contributed by atoms with E-state index in [1.54, 1.807) is 0 Å². The Morgan fingerprint density at radius 1 is 0.690 bits per heavy atom. The first kappa shape index (κ1) is 20.3. The number of amides is 2. The van der Waals surface area contributed by atoms with E-state index in [1.165, 1.54) is 5.56 Å². The maximum Gasteiger partial charge on any atom is 0.242 e. The van der Waals surface area contributed by atoms with Gasteiger partial charge in [-0.2, -0.15) is 0 Å². The molecule has 0 spiro atoms. The van der Waals surface area contributed by atoms with Crippen LogP contribution in [-0.2, 0) is 29.0 Å². The minimum absolute atomic E-state index is 0.00723. The lowest BCUT2D eigenvalue weighted by atomic mass is 10.1. The smallest absolute Gasteiger partial charge is 0.242 e. The number of nitrogens with zero attached hydrogens (tertiary/aromatic N) is 1. The molecular weight excluding hydrogens is 360 g/mol. The number of carbonyl (C=O) groups excluding carboxylic acids is 2. The van der Waals surface area contributed by atoms with Gasteiger partial charge in [-0.15, -0.1) is 0 Å². The van der Waals surface area contributed by atoms with Crippen molar-refractivity contribution >= 4 is 11.8 Å². The van der Waals surface area contributed by atoms with Crippen LogP contribution < -0.4 is 5.32 Å². The molecule has 3 rings (SSSR count). The van der Waals surface area contributed by atoms with Gasteiger partial charge in [0.15, 0.2) is 0 Å². The Labute approximate surface area is 172 Å². The Bertz CT molecular complexity index is 896. The van der Waals surface area contributed by atoms with Crippen LogP contribution >= 0.6 is 0 Å². The van der Waals surface area contributed by atoms with Gasteiger partial charge in [0.2, 0.25) is 11.8 Å². The fraction of sp³-hybridized carbons (Fsp3) is 0.200. The Hall–Kier alpha value is -3.40. The van der Waals surface area contributed by atoms with Gasteiger partial charge < -0.3 is 10.2 Å². The Morgan fingerprint density at radius 2 is 1.21 bits per heavy atom. The second-order valence-electron chi connectivity index (χ2n) is 6.98. The van der Waals surface area contributed by atoms with Crippen LogP contribution in [0, 0.1) is 0 Å². The summed E-state index contributed by atoms with van der Waals surface area (Å²) in [6.45, 7) is 1.14. The summed E-state index contributed by atoms with van der Waals surface area (Å²) in [5, 5.41) is 2.77. The Kier molecular flexibility index (Phi) is 7.58. The molecule has 0 unspecified atom stereocenters. The SMILES string of the molecule is O=C(Cc1ccccc1)NCC(=O)N(CCc1ccccc1)Cc1ccccc1. The quantitative estimate of drug-likeness (QED) is 0.611. The van der Waals surface area contributed by atoms with Crippen molar-refractivity contribution < 1.29 is 9.59 Å². The average Bonchev–Trinajstić information content (AvgIpc) is 2.77. The molecule has 3 aromatic carbocycles. The molecule has 0 atom stereocenters. The second-order valence-corrected chi connectivity index (χ2v) is 6.98. The molecule has 0 aliphatic rings. The molecule has 2 amide bonds. The molecule has 148 valence electrons. The first-order valence-electron chi connectivity index (χ1n) is 9.87. The third-order valence-electron chi connectivity index (χ3n) is 4.73. The van der Waals surface area contributed by atoms with Crippen molar-refractivity contribution in [3.05, 3.63) is 108 Å². The lowest BCUT2D eigenvalue weighted by Gasteiger charge is -2.23. The van der Waals surface area contributed by atoms with E-state index in [1.807, 2.05) is 83.8 Å². The van der Waals surface area contributed by atoms with Crippen LogP contribution in [0.5, 0.6) is 0 Å². The summed E-state index contributed by atoms with van der Waals surface area (Å²) in [5.41, 5.74) is 3.19. The molecule has 4 nitrogen and oxygen atoms in total. The Balaban J connectivity index is 1.57. The normalized spacial score (nSPS) is 10.3. The van der Waals surface area contributed by atoms with Gasteiger partial charge in [0.1, 0.15) is 0 Å². The van der Waals surface area contributed by atoms with Crippen molar-refractivity contribution in [3.63, 3.8) is 0 Å². The molecule has 29 heavy (non-hydrogen) atoms. The molecule has 3 aromatic rings. The zero-order valence-electron chi connectivity index (χ0n) is 16.5. The molecule has 0 saturated heterocycles. The van der Waals surface area contributed by atoms with Gasteiger partial charge in [-0.25, -0.2) is 0 Å². The topological polar surface area (TPSA) is 49.4 Å². The highest BCUT2D eigenvalue weighted by molar-refractivity contribution is 5.85.